The normalized spacial score (nSPS) is 11.3. The number of nitrogens with one attached hydrogen (secondary N) is 1. The lowest BCUT2D eigenvalue weighted by molar-refractivity contribution is -0.137. The Bertz CT molecular complexity index is 680. The number of carbonyl (C=O) groups is 1. The lowest BCUT2D eigenvalue weighted by Crippen LogP contribution is -2.21. The Morgan fingerprint density at radius 3 is 2.68 bits per heavy atom. The molecule has 1 aromatic heterocycles. The van der Waals surface area contributed by atoms with Crippen LogP contribution >= 0.6 is 0 Å². The third-order valence-electron chi connectivity index (χ3n) is 2.80. The van der Waals surface area contributed by atoms with Crippen LogP contribution in [0, 0.1) is 6.92 Å². The summed E-state index contributed by atoms with van der Waals surface area (Å²) in [4.78, 5) is 11.7. The maximum Gasteiger partial charge on any atom is 0.416 e. The zero-order chi connectivity index (χ0) is 16.3. The Kier molecular flexibility index (Phi) is 4.39. The Labute approximate surface area is 124 Å². The molecule has 2 rings (SSSR count). The molecule has 0 aliphatic rings. The largest absolute Gasteiger partial charge is 0.484 e. The van der Waals surface area contributed by atoms with Gasteiger partial charge in [0.25, 0.3) is 5.91 Å². The van der Waals surface area contributed by atoms with Gasteiger partial charge in [-0.25, -0.2) is 0 Å². The summed E-state index contributed by atoms with van der Waals surface area (Å²) in [5, 5.41) is 6.62. The first-order valence-electron chi connectivity index (χ1n) is 6.36. The third kappa shape index (κ3) is 4.00. The molecule has 0 spiro atoms. The fourth-order valence-electron chi connectivity index (χ4n) is 1.82. The molecule has 5 nitrogen and oxygen atoms in total. The molecule has 0 radical (unpaired) electrons. The number of benzene rings is 1. The molecule has 0 aliphatic heterocycles. The number of halogens is 3. The Morgan fingerprint density at radius 2 is 2.09 bits per heavy atom. The monoisotopic (exact) mass is 313 g/mol. The molecular formula is C14H14F3N3O2. The summed E-state index contributed by atoms with van der Waals surface area (Å²) in [5.74, 6) is -0.0262. The van der Waals surface area contributed by atoms with Crippen molar-refractivity contribution in [1.29, 1.82) is 0 Å². The van der Waals surface area contributed by atoms with Gasteiger partial charge in [0.15, 0.2) is 6.61 Å². The average molecular weight is 313 g/mol. The maximum atomic E-state index is 12.6. The number of amides is 1. The predicted molar refractivity (Wildman–Crippen MR) is 73.5 cm³/mol. The van der Waals surface area contributed by atoms with E-state index in [0.29, 0.717) is 5.82 Å². The van der Waals surface area contributed by atoms with Crippen LogP contribution < -0.4 is 10.1 Å². The summed E-state index contributed by atoms with van der Waals surface area (Å²) in [6, 6.07) is 6.03. The number of carbonyl (C=O) groups excluding carboxylic acids is 1. The highest BCUT2D eigenvalue weighted by molar-refractivity contribution is 5.91. The van der Waals surface area contributed by atoms with Gasteiger partial charge in [-0.15, -0.1) is 0 Å². The summed E-state index contributed by atoms with van der Waals surface area (Å²) in [6.45, 7) is 1.38. The second-order valence-electron chi connectivity index (χ2n) is 4.66. The minimum Gasteiger partial charge on any atom is -0.484 e. The highest BCUT2D eigenvalue weighted by Crippen LogP contribution is 2.31. The van der Waals surface area contributed by atoms with Crippen molar-refractivity contribution < 1.29 is 22.7 Å². The van der Waals surface area contributed by atoms with Gasteiger partial charge in [0.05, 0.1) is 11.3 Å². The van der Waals surface area contributed by atoms with Crippen molar-refractivity contribution in [2.45, 2.75) is 13.1 Å². The fourth-order valence-corrected chi connectivity index (χ4v) is 1.82. The minimum atomic E-state index is -4.45. The molecule has 1 heterocycles. The molecule has 0 saturated heterocycles. The molecule has 0 fully saturated rings. The molecule has 22 heavy (non-hydrogen) atoms. The van der Waals surface area contributed by atoms with Crippen LogP contribution in [0.15, 0.2) is 30.3 Å². The van der Waals surface area contributed by atoms with E-state index in [2.05, 4.69) is 10.4 Å². The third-order valence-corrected chi connectivity index (χ3v) is 2.80. The van der Waals surface area contributed by atoms with Gasteiger partial charge in [0.2, 0.25) is 0 Å². The van der Waals surface area contributed by atoms with E-state index in [1.807, 2.05) is 0 Å². The minimum absolute atomic E-state index is 0.0221. The smallest absolute Gasteiger partial charge is 0.416 e. The zero-order valence-electron chi connectivity index (χ0n) is 11.9. The molecule has 0 aliphatic carbocycles. The van der Waals surface area contributed by atoms with Crippen molar-refractivity contribution in [2.75, 3.05) is 11.9 Å². The first-order chi connectivity index (χ1) is 10.3. The molecule has 8 heteroatoms. The Hall–Kier alpha value is -2.51. The van der Waals surface area contributed by atoms with E-state index in [0.717, 1.165) is 17.8 Å². The van der Waals surface area contributed by atoms with E-state index in [4.69, 9.17) is 4.74 Å². The number of ether oxygens (including phenoxy) is 1. The van der Waals surface area contributed by atoms with Crippen LogP contribution in [0.3, 0.4) is 0 Å². The SMILES string of the molecule is Cc1cc(NC(=O)COc2cccc(C(F)(F)F)c2)n(C)n1. The fraction of sp³-hybridized carbons (Fsp3) is 0.286. The first kappa shape index (κ1) is 15.9. The van der Waals surface area contributed by atoms with Crippen molar-refractivity contribution >= 4 is 11.7 Å². The number of hydrogen-bond acceptors (Lipinski definition) is 3. The lowest BCUT2D eigenvalue weighted by Gasteiger charge is -2.10. The molecule has 0 bridgehead atoms. The van der Waals surface area contributed by atoms with Crippen molar-refractivity contribution in [3.63, 3.8) is 0 Å². The number of rotatable bonds is 4. The Balaban J connectivity index is 1.95. The van der Waals surface area contributed by atoms with Crippen LogP contribution in [0.25, 0.3) is 0 Å². The second-order valence-corrected chi connectivity index (χ2v) is 4.66. The van der Waals surface area contributed by atoms with Gasteiger partial charge in [0.1, 0.15) is 11.6 Å². The van der Waals surface area contributed by atoms with E-state index in [1.165, 1.54) is 16.8 Å². The summed E-state index contributed by atoms with van der Waals surface area (Å²) < 4.78 is 44.2. The van der Waals surface area contributed by atoms with Gasteiger partial charge >= 0.3 is 6.18 Å². The zero-order valence-corrected chi connectivity index (χ0v) is 11.9. The lowest BCUT2D eigenvalue weighted by atomic mass is 10.2. The maximum absolute atomic E-state index is 12.6. The molecule has 1 N–H and O–H groups in total. The molecule has 0 atom stereocenters. The second kappa shape index (κ2) is 6.08. The number of aryl methyl sites for hydroxylation is 2. The van der Waals surface area contributed by atoms with E-state index >= 15 is 0 Å². The predicted octanol–water partition coefficient (Wildman–Crippen LogP) is 2.76. The highest BCUT2D eigenvalue weighted by Gasteiger charge is 2.30. The van der Waals surface area contributed by atoms with E-state index in [1.54, 1.807) is 20.0 Å². The summed E-state index contributed by atoms with van der Waals surface area (Å²) in [7, 11) is 1.66. The van der Waals surface area contributed by atoms with Gasteiger partial charge in [0, 0.05) is 13.1 Å². The molecule has 1 aromatic carbocycles. The Morgan fingerprint density at radius 1 is 1.36 bits per heavy atom. The van der Waals surface area contributed by atoms with Crippen molar-refractivity contribution in [1.82, 2.24) is 9.78 Å². The summed E-state index contributed by atoms with van der Waals surface area (Å²) in [5.41, 5.74) is -0.0933. The van der Waals surface area contributed by atoms with Crippen molar-refractivity contribution in [3.8, 4) is 5.75 Å². The molecule has 118 valence electrons. The average Bonchev–Trinajstić information content (AvgIpc) is 2.74. The van der Waals surface area contributed by atoms with Crippen LogP contribution in [0.5, 0.6) is 5.75 Å². The van der Waals surface area contributed by atoms with Crippen LogP contribution in [0.4, 0.5) is 19.0 Å². The van der Waals surface area contributed by atoms with Gasteiger partial charge in [-0.3, -0.25) is 9.48 Å². The molecule has 1 amide bonds. The van der Waals surface area contributed by atoms with E-state index in [9.17, 15) is 18.0 Å². The van der Waals surface area contributed by atoms with Crippen LogP contribution in [-0.2, 0) is 18.0 Å². The molecular weight excluding hydrogens is 299 g/mol. The standard InChI is InChI=1S/C14H14F3N3O2/c1-9-6-12(20(2)19-9)18-13(21)8-22-11-5-3-4-10(7-11)14(15,16)17/h3-7H,8H2,1-2H3,(H,18,21). The number of alkyl halides is 3. The number of nitrogens with zero attached hydrogens (tertiary/aromatic N) is 2. The molecule has 0 unspecified atom stereocenters. The van der Waals surface area contributed by atoms with Gasteiger partial charge in [-0.2, -0.15) is 18.3 Å². The number of aromatic nitrogens is 2. The summed E-state index contributed by atoms with van der Waals surface area (Å²) >= 11 is 0. The summed E-state index contributed by atoms with van der Waals surface area (Å²) in [6.07, 6.45) is -4.45. The molecule has 2 aromatic rings. The van der Waals surface area contributed by atoms with E-state index in [-0.39, 0.29) is 5.75 Å². The quantitative estimate of drug-likeness (QED) is 0.944. The van der Waals surface area contributed by atoms with Crippen LogP contribution in [-0.4, -0.2) is 22.3 Å². The van der Waals surface area contributed by atoms with Crippen molar-refractivity contribution in [3.05, 3.63) is 41.6 Å². The van der Waals surface area contributed by atoms with Crippen LogP contribution in [0.1, 0.15) is 11.3 Å². The van der Waals surface area contributed by atoms with Gasteiger partial charge < -0.3 is 10.1 Å². The van der Waals surface area contributed by atoms with Crippen molar-refractivity contribution in [2.24, 2.45) is 7.05 Å². The van der Waals surface area contributed by atoms with Crippen LogP contribution in [0.2, 0.25) is 0 Å². The van der Waals surface area contributed by atoms with E-state index < -0.39 is 24.3 Å². The highest BCUT2D eigenvalue weighted by atomic mass is 19.4. The molecule has 0 saturated carbocycles. The number of hydrogen-bond donors (Lipinski definition) is 1. The first-order valence-corrected chi connectivity index (χ1v) is 6.36. The van der Waals surface area contributed by atoms with Gasteiger partial charge in [-0.05, 0) is 25.1 Å². The topological polar surface area (TPSA) is 56.1 Å². The number of anilines is 1. The van der Waals surface area contributed by atoms with Gasteiger partial charge in [-0.1, -0.05) is 6.07 Å².